The summed E-state index contributed by atoms with van der Waals surface area (Å²) < 4.78 is 6.05. The summed E-state index contributed by atoms with van der Waals surface area (Å²) in [6.07, 6.45) is 6.78. The first kappa shape index (κ1) is 19.8. The zero-order valence-electron chi connectivity index (χ0n) is 17.1. The van der Waals surface area contributed by atoms with Crippen molar-refractivity contribution in [3.63, 3.8) is 0 Å². The van der Waals surface area contributed by atoms with Crippen molar-refractivity contribution in [1.82, 2.24) is 10.2 Å². The standard InChI is InChI=1S/C24H31N3O2/c28-24(27-16-14-25-15-17-27)26-21-12-10-19(11-13-21)5-1-2-18-29-23-9-4-7-20-6-3-8-22(20)23/h4,7,9-13,25H,1-3,5-6,8,14-18H2,(H,26,28). The number of urea groups is 1. The summed E-state index contributed by atoms with van der Waals surface area (Å²) >= 11 is 0. The monoisotopic (exact) mass is 393 g/mol. The highest BCUT2D eigenvalue weighted by Gasteiger charge is 2.16. The largest absolute Gasteiger partial charge is 0.493 e. The van der Waals surface area contributed by atoms with E-state index in [0.717, 1.165) is 69.9 Å². The minimum Gasteiger partial charge on any atom is -0.493 e. The lowest BCUT2D eigenvalue weighted by molar-refractivity contribution is 0.204. The second kappa shape index (κ2) is 9.79. The average molecular weight is 394 g/mol. The molecule has 2 aromatic carbocycles. The number of aryl methyl sites for hydroxylation is 2. The van der Waals surface area contributed by atoms with Crippen molar-refractivity contribution in [2.24, 2.45) is 0 Å². The number of carbonyl (C=O) groups is 1. The number of anilines is 1. The van der Waals surface area contributed by atoms with E-state index < -0.39 is 0 Å². The molecule has 29 heavy (non-hydrogen) atoms. The summed E-state index contributed by atoms with van der Waals surface area (Å²) in [7, 11) is 0. The van der Waals surface area contributed by atoms with Crippen LogP contribution in [0.3, 0.4) is 0 Å². The van der Waals surface area contributed by atoms with Gasteiger partial charge >= 0.3 is 6.03 Å². The fraction of sp³-hybridized carbons (Fsp3) is 0.458. The van der Waals surface area contributed by atoms with Crippen LogP contribution in [0.4, 0.5) is 10.5 Å². The van der Waals surface area contributed by atoms with Crippen molar-refractivity contribution in [3.8, 4) is 5.75 Å². The van der Waals surface area contributed by atoms with Crippen LogP contribution < -0.4 is 15.4 Å². The first-order valence-corrected chi connectivity index (χ1v) is 10.9. The molecule has 1 aliphatic carbocycles. The van der Waals surface area contributed by atoms with E-state index in [2.05, 4.69) is 41.0 Å². The van der Waals surface area contributed by atoms with Crippen molar-refractivity contribution >= 4 is 11.7 Å². The number of hydrogen-bond donors (Lipinski definition) is 2. The molecule has 0 spiro atoms. The molecule has 2 aliphatic rings. The lowest BCUT2D eigenvalue weighted by atomic mass is 10.1. The fourth-order valence-electron chi connectivity index (χ4n) is 4.16. The Labute approximate surface area is 173 Å². The van der Waals surface area contributed by atoms with E-state index >= 15 is 0 Å². The van der Waals surface area contributed by atoms with Crippen LogP contribution in [0.15, 0.2) is 42.5 Å². The molecule has 1 saturated heterocycles. The Morgan fingerprint density at radius 1 is 1.03 bits per heavy atom. The Morgan fingerprint density at radius 2 is 1.86 bits per heavy atom. The minimum absolute atomic E-state index is 0.0104. The summed E-state index contributed by atoms with van der Waals surface area (Å²) in [5.74, 6) is 1.09. The van der Waals surface area contributed by atoms with Gasteiger partial charge < -0.3 is 20.3 Å². The topological polar surface area (TPSA) is 53.6 Å². The smallest absolute Gasteiger partial charge is 0.321 e. The molecular weight excluding hydrogens is 362 g/mol. The lowest BCUT2D eigenvalue weighted by Crippen LogP contribution is -2.48. The van der Waals surface area contributed by atoms with Gasteiger partial charge in [-0.25, -0.2) is 4.79 Å². The molecule has 1 heterocycles. The lowest BCUT2D eigenvalue weighted by Gasteiger charge is -2.27. The molecule has 154 valence electrons. The van der Waals surface area contributed by atoms with Crippen molar-refractivity contribution in [3.05, 3.63) is 59.2 Å². The van der Waals surface area contributed by atoms with Gasteiger partial charge in [0.15, 0.2) is 0 Å². The predicted octanol–water partition coefficient (Wildman–Crippen LogP) is 4.01. The zero-order valence-corrected chi connectivity index (χ0v) is 17.1. The molecule has 0 radical (unpaired) electrons. The van der Waals surface area contributed by atoms with Gasteiger partial charge in [0, 0.05) is 31.9 Å². The van der Waals surface area contributed by atoms with E-state index in [4.69, 9.17) is 4.74 Å². The Kier molecular flexibility index (Phi) is 6.67. The summed E-state index contributed by atoms with van der Waals surface area (Å²) in [6.45, 7) is 4.02. The Balaban J connectivity index is 1.17. The number of rotatable bonds is 7. The van der Waals surface area contributed by atoms with Crippen molar-refractivity contribution in [1.29, 1.82) is 0 Å². The average Bonchev–Trinajstić information content (AvgIpc) is 3.25. The van der Waals surface area contributed by atoms with Crippen LogP contribution in [0, 0.1) is 0 Å². The van der Waals surface area contributed by atoms with Gasteiger partial charge in [-0.3, -0.25) is 0 Å². The third kappa shape index (κ3) is 5.30. The first-order valence-electron chi connectivity index (χ1n) is 10.9. The summed E-state index contributed by atoms with van der Waals surface area (Å²) in [6, 6.07) is 14.7. The SMILES string of the molecule is O=C(Nc1ccc(CCCCOc2cccc3c2CCC3)cc1)N1CCNCC1. The predicted molar refractivity (Wildman–Crippen MR) is 117 cm³/mol. The molecule has 1 aliphatic heterocycles. The number of nitrogens with one attached hydrogen (secondary N) is 2. The van der Waals surface area contributed by atoms with Crippen molar-refractivity contribution in [2.75, 3.05) is 38.1 Å². The molecule has 0 bridgehead atoms. The number of hydrogen-bond acceptors (Lipinski definition) is 3. The normalized spacial score (nSPS) is 15.8. The number of fused-ring (bicyclic) bond motifs is 1. The van der Waals surface area contributed by atoms with Crippen LogP contribution in [0.1, 0.15) is 36.0 Å². The third-order valence-electron chi connectivity index (χ3n) is 5.83. The van der Waals surface area contributed by atoms with Gasteiger partial charge in [-0.05, 0) is 73.4 Å². The highest BCUT2D eigenvalue weighted by molar-refractivity contribution is 5.89. The number of benzene rings is 2. The summed E-state index contributed by atoms with van der Waals surface area (Å²) in [4.78, 5) is 14.1. The molecule has 2 amide bonds. The maximum Gasteiger partial charge on any atom is 0.321 e. The van der Waals surface area contributed by atoms with E-state index in [0.29, 0.717) is 0 Å². The van der Waals surface area contributed by atoms with Crippen LogP contribution in [-0.2, 0) is 19.3 Å². The maximum absolute atomic E-state index is 12.3. The van der Waals surface area contributed by atoms with Gasteiger partial charge in [0.1, 0.15) is 5.75 Å². The molecule has 5 heteroatoms. The van der Waals surface area contributed by atoms with E-state index in [1.165, 1.54) is 29.5 Å². The molecular formula is C24H31N3O2. The molecule has 0 atom stereocenters. The van der Waals surface area contributed by atoms with Gasteiger partial charge in [-0.15, -0.1) is 0 Å². The van der Waals surface area contributed by atoms with Crippen LogP contribution in [-0.4, -0.2) is 43.7 Å². The zero-order chi connectivity index (χ0) is 19.9. The van der Waals surface area contributed by atoms with Gasteiger partial charge in [0.25, 0.3) is 0 Å². The number of amides is 2. The van der Waals surface area contributed by atoms with Gasteiger partial charge in [0.05, 0.1) is 6.61 Å². The van der Waals surface area contributed by atoms with Crippen molar-refractivity contribution < 1.29 is 9.53 Å². The molecule has 0 saturated carbocycles. The molecule has 2 aromatic rings. The number of piperazine rings is 1. The van der Waals surface area contributed by atoms with E-state index in [9.17, 15) is 4.79 Å². The van der Waals surface area contributed by atoms with Crippen molar-refractivity contribution in [2.45, 2.75) is 38.5 Å². The second-order valence-corrected chi connectivity index (χ2v) is 7.92. The van der Waals surface area contributed by atoms with Crippen LogP contribution in [0.5, 0.6) is 5.75 Å². The number of unbranched alkanes of at least 4 members (excludes halogenated alkanes) is 1. The summed E-state index contributed by atoms with van der Waals surface area (Å²) in [5.41, 5.74) is 5.04. The Morgan fingerprint density at radius 3 is 2.69 bits per heavy atom. The van der Waals surface area contributed by atoms with E-state index in [-0.39, 0.29) is 6.03 Å². The molecule has 4 rings (SSSR count). The van der Waals surface area contributed by atoms with Crippen LogP contribution in [0.2, 0.25) is 0 Å². The number of carbonyl (C=O) groups excluding carboxylic acids is 1. The first-order chi connectivity index (χ1) is 14.3. The molecule has 1 fully saturated rings. The molecule has 0 aromatic heterocycles. The maximum atomic E-state index is 12.3. The van der Waals surface area contributed by atoms with Gasteiger partial charge in [-0.1, -0.05) is 24.3 Å². The van der Waals surface area contributed by atoms with E-state index in [1.54, 1.807) is 0 Å². The minimum atomic E-state index is -0.0104. The Bertz CT molecular complexity index is 813. The molecule has 2 N–H and O–H groups in total. The van der Waals surface area contributed by atoms with E-state index in [1.807, 2.05) is 17.0 Å². The van der Waals surface area contributed by atoms with Gasteiger partial charge in [0.2, 0.25) is 0 Å². The Hall–Kier alpha value is -2.53. The van der Waals surface area contributed by atoms with Crippen LogP contribution >= 0.6 is 0 Å². The number of ether oxygens (including phenoxy) is 1. The highest BCUT2D eigenvalue weighted by Crippen LogP contribution is 2.30. The molecule has 0 unspecified atom stereocenters. The quantitative estimate of drug-likeness (QED) is 0.699. The third-order valence-corrected chi connectivity index (χ3v) is 5.83. The van der Waals surface area contributed by atoms with Crippen LogP contribution in [0.25, 0.3) is 0 Å². The summed E-state index contributed by atoms with van der Waals surface area (Å²) in [5, 5.41) is 6.25. The highest BCUT2D eigenvalue weighted by atomic mass is 16.5. The van der Waals surface area contributed by atoms with Gasteiger partial charge in [-0.2, -0.15) is 0 Å². The fourth-order valence-corrected chi connectivity index (χ4v) is 4.16. The second-order valence-electron chi connectivity index (χ2n) is 7.92. The molecule has 5 nitrogen and oxygen atoms in total. The number of nitrogens with zero attached hydrogens (tertiary/aromatic N) is 1.